The zero-order chi connectivity index (χ0) is 28.5. The Labute approximate surface area is 221 Å². The lowest BCUT2D eigenvalue weighted by Crippen LogP contribution is -2.51. The van der Waals surface area contributed by atoms with Gasteiger partial charge in [0, 0.05) is 32.6 Å². The molecule has 0 aromatic heterocycles. The van der Waals surface area contributed by atoms with E-state index < -0.39 is 47.6 Å². The summed E-state index contributed by atoms with van der Waals surface area (Å²) in [6.45, 7) is 3.50. The van der Waals surface area contributed by atoms with Gasteiger partial charge in [-0.1, -0.05) is 12.1 Å². The lowest BCUT2D eigenvalue weighted by molar-refractivity contribution is -0.210. The molecule has 214 valence electrons. The monoisotopic (exact) mass is 562 g/mol. The highest BCUT2D eigenvalue weighted by molar-refractivity contribution is 5.78. The average molecular weight is 563 g/mol. The topological polar surface area (TPSA) is 42.0 Å². The lowest BCUT2D eigenvalue weighted by atomic mass is 9.81. The molecule has 2 saturated heterocycles. The highest BCUT2D eigenvalue weighted by Gasteiger charge is 2.41. The molecule has 2 aromatic rings. The van der Waals surface area contributed by atoms with Crippen molar-refractivity contribution in [3.05, 3.63) is 70.5 Å². The number of hydrogen-bond acceptors (Lipinski definition) is 4. The molecule has 2 fully saturated rings. The summed E-state index contributed by atoms with van der Waals surface area (Å²) in [5, 5.41) is 0. The predicted molar refractivity (Wildman–Crippen MR) is 127 cm³/mol. The van der Waals surface area contributed by atoms with Crippen molar-refractivity contribution < 1.29 is 45.0 Å². The van der Waals surface area contributed by atoms with Gasteiger partial charge >= 0.3 is 12.4 Å². The SMILES string of the molecule is C[C@@H](O[C@H]1OCC[C@H](CN2CCN(C)C(=O)C2)[C@H]1c1ccc(F)cc1)c1cc(C(F)(F)F)cc(C(F)(F)F)c1. The van der Waals surface area contributed by atoms with E-state index in [4.69, 9.17) is 9.47 Å². The number of piperazine rings is 1. The van der Waals surface area contributed by atoms with Crippen molar-refractivity contribution in [2.24, 2.45) is 5.92 Å². The fourth-order valence-electron chi connectivity index (χ4n) is 5.07. The van der Waals surface area contributed by atoms with Crippen LogP contribution in [0.4, 0.5) is 30.7 Å². The van der Waals surface area contributed by atoms with Crippen molar-refractivity contribution in [1.29, 1.82) is 0 Å². The van der Waals surface area contributed by atoms with Crippen LogP contribution in [0.1, 0.15) is 47.6 Å². The minimum absolute atomic E-state index is 0.0296. The molecule has 5 nitrogen and oxygen atoms in total. The third kappa shape index (κ3) is 7.09. The molecule has 2 aliphatic rings. The fourth-order valence-corrected chi connectivity index (χ4v) is 5.07. The first kappa shape index (κ1) is 29.3. The molecule has 0 saturated carbocycles. The summed E-state index contributed by atoms with van der Waals surface area (Å²) in [5.41, 5.74) is -2.51. The summed E-state index contributed by atoms with van der Waals surface area (Å²) in [6.07, 6.45) is -11.6. The van der Waals surface area contributed by atoms with Gasteiger partial charge in [0.25, 0.3) is 0 Å². The van der Waals surface area contributed by atoms with Crippen LogP contribution in [0.15, 0.2) is 42.5 Å². The highest BCUT2D eigenvalue weighted by atomic mass is 19.4. The van der Waals surface area contributed by atoms with E-state index in [1.807, 2.05) is 4.90 Å². The van der Waals surface area contributed by atoms with Crippen LogP contribution >= 0.6 is 0 Å². The molecule has 2 aliphatic heterocycles. The normalized spacial score (nSPS) is 24.2. The molecule has 0 N–H and O–H groups in total. The first-order valence-electron chi connectivity index (χ1n) is 12.5. The van der Waals surface area contributed by atoms with Crippen LogP contribution in [0.3, 0.4) is 0 Å². The summed E-state index contributed by atoms with van der Waals surface area (Å²) in [5.74, 6) is -1.14. The van der Waals surface area contributed by atoms with Crippen molar-refractivity contribution >= 4 is 5.91 Å². The number of likely N-dealkylation sites (N-methyl/N-ethyl adjacent to an activating group) is 1. The third-order valence-corrected chi connectivity index (χ3v) is 7.27. The fraction of sp³-hybridized carbons (Fsp3) is 0.519. The number of nitrogens with zero attached hydrogens (tertiary/aromatic N) is 2. The van der Waals surface area contributed by atoms with Gasteiger partial charge in [-0.3, -0.25) is 9.69 Å². The Kier molecular flexibility index (Phi) is 8.58. The van der Waals surface area contributed by atoms with Gasteiger partial charge in [-0.15, -0.1) is 0 Å². The van der Waals surface area contributed by atoms with Crippen molar-refractivity contribution in [1.82, 2.24) is 9.80 Å². The molecule has 4 rings (SSSR count). The number of halogens is 7. The number of carbonyl (C=O) groups excluding carboxylic acids is 1. The zero-order valence-corrected chi connectivity index (χ0v) is 21.4. The highest BCUT2D eigenvalue weighted by Crippen LogP contribution is 2.41. The van der Waals surface area contributed by atoms with E-state index in [1.165, 1.54) is 19.1 Å². The van der Waals surface area contributed by atoms with Gasteiger partial charge in [0.2, 0.25) is 5.91 Å². The van der Waals surface area contributed by atoms with Crippen molar-refractivity contribution in [2.75, 3.05) is 39.8 Å². The molecule has 0 radical (unpaired) electrons. The Morgan fingerprint density at radius 2 is 1.62 bits per heavy atom. The Bertz CT molecular complexity index is 1120. The third-order valence-electron chi connectivity index (χ3n) is 7.27. The number of alkyl halides is 6. The standard InChI is InChI=1S/C27H29F7N2O3/c1-16(19-11-20(26(29,30)31)13-21(12-19)27(32,33)34)39-25-24(17-3-5-22(28)6-4-17)18(7-10-38-25)14-36-9-8-35(2)23(37)15-36/h3-6,11-13,16,18,24-25H,7-10,14-15H2,1-2H3/t16-,18-,24-,25-/m1/s1. The van der Waals surface area contributed by atoms with Crippen LogP contribution in [0.2, 0.25) is 0 Å². The number of benzene rings is 2. The first-order valence-corrected chi connectivity index (χ1v) is 12.5. The van der Waals surface area contributed by atoms with Crippen LogP contribution < -0.4 is 0 Å². The van der Waals surface area contributed by atoms with E-state index in [9.17, 15) is 35.5 Å². The summed E-state index contributed by atoms with van der Waals surface area (Å²) in [4.78, 5) is 15.9. The molecule has 39 heavy (non-hydrogen) atoms. The maximum Gasteiger partial charge on any atom is 0.416 e. The van der Waals surface area contributed by atoms with E-state index in [2.05, 4.69) is 0 Å². The largest absolute Gasteiger partial charge is 0.416 e. The van der Waals surface area contributed by atoms with Crippen molar-refractivity contribution in [3.8, 4) is 0 Å². The number of rotatable bonds is 6. The van der Waals surface area contributed by atoms with Crippen LogP contribution in [0, 0.1) is 11.7 Å². The molecule has 1 amide bonds. The van der Waals surface area contributed by atoms with E-state index in [-0.39, 0.29) is 36.6 Å². The number of amides is 1. The van der Waals surface area contributed by atoms with Crippen LogP contribution in [-0.4, -0.2) is 61.8 Å². The van der Waals surface area contributed by atoms with E-state index in [1.54, 1.807) is 24.1 Å². The molecule has 2 heterocycles. The Morgan fingerprint density at radius 1 is 1.00 bits per heavy atom. The number of carbonyl (C=O) groups is 1. The molecule has 0 bridgehead atoms. The maximum absolute atomic E-state index is 13.7. The summed E-state index contributed by atoms with van der Waals surface area (Å²) >= 11 is 0. The Hall–Kier alpha value is -2.70. The molecule has 0 unspecified atom stereocenters. The first-order chi connectivity index (χ1) is 18.2. The lowest BCUT2D eigenvalue weighted by Gasteiger charge is -2.42. The van der Waals surface area contributed by atoms with Gasteiger partial charge < -0.3 is 14.4 Å². The molecule has 4 atom stereocenters. The zero-order valence-electron chi connectivity index (χ0n) is 21.4. The van der Waals surface area contributed by atoms with E-state index in [0.29, 0.717) is 43.8 Å². The second-order valence-corrected chi connectivity index (χ2v) is 10.0. The maximum atomic E-state index is 13.7. The summed E-state index contributed by atoms with van der Waals surface area (Å²) < 4.78 is 106. The van der Waals surface area contributed by atoms with Gasteiger partial charge in [0.05, 0.1) is 30.4 Å². The molecule has 12 heteroatoms. The van der Waals surface area contributed by atoms with Crippen molar-refractivity contribution in [2.45, 2.75) is 44.0 Å². The number of ether oxygens (including phenoxy) is 2. The Balaban J connectivity index is 1.62. The number of hydrogen-bond donors (Lipinski definition) is 0. The van der Waals surface area contributed by atoms with Crippen LogP contribution in [0.25, 0.3) is 0 Å². The van der Waals surface area contributed by atoms with Gasteiger partial charge in [0.15, 0.2) is 6.29 Å². The van der Waals surface area contributed by atoms with Crippen LogP contribution in [0.5, 0.6) is 0 Å². The molecule has 2 aromatic carbocycles. The van der Waals surface area contributed by atoms with E-state index >= 15 is 0 Å². The molecule has 0 spiro atoms. The molecule has 0 aliphatic carbocycles. The molecular weight excluding hydrogens is 533 g/mol. The summed E-state index contributed by atoms with van der Waals surface area (Å²) in [6, 6.07) is 7.01. The molecular formula is C27H29F7N2O3. The smallest absolute Gasteiger partial charge is 0.352 e. The summed E-state index contributed by atoms with van der Waals surface area (Å²) in [7, 11) is 1.72. The second kappa shape index (κ2) is 11.4. The van der Waals surface area contributed by atoms with Crippen LogP contribution in [-0.2, 0) is 26.6 Å². The van der Waals surface area contributed by atoms with E-state index in [0.717, 1.165) is 0 Å². The van der Waals surface area contributed by atoms with Gasteiger partial charge in [-0.2, -0.15) is 26.3 Å². The minimum Gasteiger partial charge on any atom is -0.352 e. The van der Waals surface area contributed by atoms with Crippen molar-refractivity contribution in [3.63, 3.8) is 0 Å². The van der Waals surface area contributed by atoms with Gasteiger partial charge in [-0.25, -0.2) is 4.39 Å². The Morgan fingerprint density at radius 3 is 2.18 bits per heavy atom. The average Bonchev–Trinajstić information content (AvgIpc) is 2.86. The van der Waals surface area contributed by atoms with Gasteiger partial charge in [0.1, 0.15) is 5.82 Å². The quantitative estimate of drug-likeness (QED) is 0.414. The van der Waals surface area contributed by atoms with Gasteiger partial charge in [-0.05, 0) is 60.7 Å². The second-order valence-electron chi connectivity index (χ2n) is 10.0. The minimum atomic E-state index is -4.99. The predicted octanol–water partition coefficient (Wildman–Crippen LogP) is 5.86.